The van der Waals surface area contributed by atoms with Crippen LogP contribution in [0.1, 0.15) is 12.8 Å². The van der Waals surface area contributed by atoms with Gasteiger partial charge in [0.1, 0.15) is 29.6 Å². The molecule has 2 aromatic carbocycles. The van der Waals surface area contributed by atoms with Crippen LogP contribution in [0.5, 0.6) is 5.75 Å². The van der Waals surface area contributed by atoms with Crippen molar-refractivity contribution in [1.29, 1.82) is 0 Å². The summed E-state index contributed by atoms with van der Waals surface area (Å²) in [7, 11) is 0. The SMILES string of the molecule is O=C(CCn1c(=O)[nH]c2ccccc21)N1CC[C@@H](Oc2cc(F)cc(F)c2)[C@H](O)C1. The summed E-state index contributed by atoms with van der Waals surface area (Å²) in [5.74, 6) is -1.73. The molecule has 1 aromatic heterocycles. The molecule has 30 heavy (non-hydrogen) atoms. The van der Waals surface area contributed by atoms with Gasteiger partial charge in [0.25, 0.3) is 0 Å². The van der Waals surface area contributed by atoms with Crippen LogP contribution in [0.2, 0.25) is 0 Å². The van der Waals surface area contributed by atoms with E-state index in [1.807, 2.05) is 12.1 Å². The lowest BCUT2D eigenvalue weighted by Gasteiger charge is -2.36. The number of aromatic amines is 1. The number of nitrogens with zero attached hydrogens (tertiary/aromatic N) is 2. The van der Waals surface area contributed by atoms with Crippen LogP contribution in [0.4, 0.5) is 8.78 Å². The number of hydrogen-bond donors (Lipinski definition) is 2. The fraction of sp³-hybridized carbons (Fsp3) is 0.333. The third-order valence-corrected chi connectivity index (χ3v) is 5.23. The molecule has 1 saturated heterocycles. The first kappa shape index (κ1) is 20.1. The molecule has 0 bridgehead atoms. The van der Waals surface area contributed by atoms with E-state index in [1.165, 1.54) is 9.47 Å². The van der Waals surface area contributed by atoms with Gasteiger partial charge in [0.15, 0.2) is 0 Å². The number of ether oxygens (including phenoxy) is 1. The highest BCUT2D eigenvalue weighted by Crippen LogP contribution is 2.22. The van der Waals surface area contributed by atoms with Crippen molar-refractivity contribution in [2.24, 2.45) is 0 Å². The predicted molar refractivity (Wildman–Crippen MR) is 105 cm³/mol. The zero-order valence-corrected chi connectivity index (χ0v) is 16.1. The van der Waals surface area contributed by atoms with E-state index in [-0.39, 0.29) is 36.9 Å². The summed E-state index contributed by atoms with van der Waals surface area (Å²) in [5, 5.41) is 10.4. The molecule has 1 fully saturated rings. The number of aliphatic hydroxyl groups is 1. The van der Waals surface area contributed by atoms with Gasteiger partial charge in [-0.1, -0.05) is 12.1 Å². The van der Waals surface area contributed by atoms with Crippen LogP contribution < -0.4 is 10.4 Å². The van der Waals surface area contributed by atoms with Crippen LogP contribution in [0.25, 0.3) is 11.0 Å². The Balaban J connectivity index is 1.35. The molecule has 0 spiro atoms. The summed E-state index contributed by atoms with van der Waals surface area (Å²) in [6.45, 7) is 0.599. The molecule has 9 heteroatoms. The van der Waals surface area contributed by atoms with E-state index < -0.39 is 23.8 Å². The number of aryl methyl sites for hydroxylation is 1. The Labute approximate surface area is 170 Å². The minimum Gasteiger partial charge on any atom is -0.487 e. The third-order valence-electron chi connectivity index (χ3n) is 5.23. The topological polar surface area (TPSA) is 87.6 Å². The lowest BCUT2D eigenvalue weighted by molar-refractivity contribution is -0.137. The monoisotopic (exact) mass is 417 g/mol. The van der Waals surface area contributed by atoms with Crippen molar-refractivity contribution in [2.75, 3.05) is 13.1 Å². The van der Waals surface area contributed by atoms with Crippen molar-refractivity contribution in [3.8, 4) is 5.75 Å². The highest BCUT2D eigenvalue weighted by atomic mass is 19.1. The van der Waals surface area contributed by atoms with E-state index in [0.29, 0.717) is 18.5 Å². The summed E-state index contributed by atoms with van der Waals surface area (Å²) in [6.07, 6.45) is -1.25. The average Bonchev–Trinajstić information content (AvgIpc) is 3.02. The van der Waals surface area contributed by atoms with Crippen LogP contribution in [0, 0.1) is 11.6 Å². The number of hydrogen-bond acceptors (Lipinski definition) is 4. The Kier molecular flexibility index (Phi) is 5.54. The molecule has 2 N–H and O–H groups in total. The predicted octanol–water partition coefficient (Wildman–Crippen LogP) is 2.04. The lowest BCUT2D eigenvalue weighted by atomic mass is 10.0. The Bertz CT molecular complexity index is 1110. The van der Waals surface area contributed by atoms with Crippen LogP contribution in [-0.4, -0.2) is 50.8 Å². The fourth-order valence-electron chi connectivity index (χ4n) is 3.74. The number of amides is 1. The second-order valence-electron chi connectivity index (χ2n) is 7.31. The molecular formula is C21H21F2N3O4. The van der Waals surface area contributed by atoms with Crippen molar-refractivity contribution in [3.63, 3.8) is 0 Å². The molecule has 1 amide bonds. The number of H-pyrrole nitrogens is 1. The Hall–Kier alpha value is -3.20. The zero-order valence-electron chi connectivity index (χ0n) is 16.1. The second kappa shape index (κ2) is 8.27. The zero-order chi connectivity index (χ0) is 21.3. The van der Waals surface area contributed by atoms with Gasteiger partial charge in [-0.2, -0.15) is 0 Å². The number of β-amino-alcohol motifs (C(OH)–C–C–N with tert-alkyl or cyclic N) is 1. The van der Waals surface area contributed by atoms with E-state index in [4.69, 9.17) is 4.74 Å². The number of para-hydroxylation sites is 2. The quantitative estimate of drug-likeness (QED) is 0.665. The van der Waals surface area contributed by atoms with Gasteiger partial charge in [-0.05, 0) is 12.1 Å². The average molecular weight is 417 g/mol. The first-order valence-electron chi connectivity index (χ1n) is 9.67. The number of fused-ring (bicyclic) bond motifs is 1. The molecule has 7 nitrogen and oxygen atoms in total. The maximum absolute atomic E-state index is 13.3. The first-order chi connectivity index (χ1) is 14.4. The van der Waals surface area contributed by atoms with E-state index in [2.05, 4.69) is 4.98 Å². The molecular weight excluding hydrogens is 396 g/mol. The molecule has 2 atom stereocenters. The minimum absolute atomic E-state index is 0.00459. The Morgan fingerprint density at radius 1 is 1.20 bits per heavy atom. The highest BCUT2D eigenvalue weighted by Gasteiger charge is 2.31. The molecule has 158 valence electrons. The second-order valence-corrected chi connectivity index (χ2v) is 7.31. The molecule has 0 unspecified atom stereocenters. The van der Waals surface area contributed by atoms with Crippen molar-refractivity contribution < 1.29 is 23.4 Å². The van der Waals surface area contributed by atoms with E-state index in [0.717, 1.165) is 23.7 Å². The first-order valence-corrected chi connectivity index (χ1v) is 9.67. The molecule has 1 aliphatic rings. The normalized spacial score (nSPS) is 19.2. The number of halogens is 2. The summed E-state index contributed by atoms with van der Waals surface area (Å²) in [6, 6.07) is 10.1. The van der Waals surface area contributed by atoms with Crippen LogP contribution >= 0.6 is 0 Å². The minimum atomic E-state index is -0.996. The van der Waals surface area contributed by atoms with Gasteiger partial charge in [0.2, 0.25) is 5.91 Å². The van der Waals surface area contributed by atoms with Crippen LogP contribution in [0.3, 0.4) is 0 Å². The number of piperidine rings is 1. The van der Waals surface area contributed by atoms with Gasteiger partial charge in [0.05, 0.1) is 17.6 Å². The maximum atomic E-state index is 13.3. The largest absolute Gasteiger partial charge is 0.487 e. The summed E-state index contributed by atoms with van der Waals surface area (Å²) in [5.41, 5.74) is 1.15. The molecule has 1 aliphatic heterocycles. The molecule has 0 radical (unpaired) electrons. The smallest absolute Gasteiger partial charge is 0.326 e. The number of likely N-dealkylation sites (tertiary alicyclic amines) is 1. The van der Waals surface area contributed by atoms with Crippen LogP contribution in [-0.2, 0) is 11.3 Å². The van der Waals surface area contributed by atoms with Crippen molar-refractivity contribution in [3.05, 3.63) is 64.6 Å². The fourth-order valence-corrected chi connectivity index (χ4v) is 3.74. The number of aliphatic hydroxyl groups excluding tert-OH is 1. The van der Waals surface area contributed by atoms with Gasteiger partial charge in [-0.25, -0.2) is 13.6 Å². The number of nitrogens with one attached hydrogen (secondary N) is 1. The molecule has 3 aromatic rings. The summed E-state index contributed by atoms with van der Waals surface area (Å²) >= 11 is 0. The van der Waals surface area contributed by atoms with Gasteiger partial charge in [0, 0.05) is 44.1 Å². The number of carbonyl (C=O) groups excluding carboxylic acids is 1. The van der Waals surface area contributed by atoms with E-state index in [9.17, 15) is 23.5 Å². The van der Waals surface area contributed by atoms with Crippen molar-refractivity contribution >= 4 is 16.9 Å². The van der Waals surface area contributed by atoms with E-state index >= 15 is 0 Å². The number of aromatic nitrogens is 2. The van der Waals surface area contributed by atoms with E-state index in [1.54, 1.807) is 12.1 Å². The number of imidazole rings is 1. The van der Waals surface area contributed by atoms with Gasteiger partial charge in [-0.15, -0.1) is 0 Å². The van der Waals surface area contributed by atoms with Gasteiger partial charge < -0.3 is 19.7 Å². The molecule has 4 rings (SSSR count). The third kappa shape index (κ3) is 4.20. The lowest BCUT2D eigenvalue weighted by Crippen LogP contribution is -2.51. The Morgan fingerprint density at radius 2 is 1.93 bits per heavy atom. The summed E-state index contributed by atoms with van der Waals surface area (Å²) < 4.78 is 33.7. The molecule has 2 heterocycles. The number of carbonyl (C=O) groups is 1. The van der Waals surface area contributed by atoms with Crippen LogP contribution in [0.15, 0.2) is 47.3 Å². The Morgan fingerprint density at radius 3 is 2.67 bits per heavy atom. The maximum Gasteiger partial charge on any atom is 0.326 e. The van der Waals surface area contributed by atoms with Gasteiger partial charge >= 0.3 is 5.69 Å². The standard InChI is InChI=1S/C21H21F2N3O4/c22-13-9-14(23)11-15(10-13)30-19-5-7-25(12-18(19)27)20(28)6-8-26-17-4-2-1-3-16(17)24-21(26)29/h1-4,9-11,18-19,27H,5-8,12H2,(H,24,29)/t18-,19-/m1/s1. The summed E-state index contributed by atoms with van der Waals surface area (Å²) in [4.78, 5) is 29.0. The van der Waals surface area contributed by atoms with Crippen molar-refractivity contribution in [1.82, 2.24) is 14.5 Å². The highest BCUT2D eigenvalue weighted by molar-refractivity contribution is 5.77. The molecule has 0 saturated carbocycles. The number of rotatable bonds is 5. The molecule has 0 aliphatic carbocycles. The van der Waals surface area contributed by atoms with Gasteiger partial charge in [-0.3, -0.25) is 9.36 Å². The number of benzene rings is 2. The van der Waals surface area contributed by atoms with Crippen molar-refractivity contribution in [2.45, 2.75) is 31.6 Å².